The molecule has 0 aliphatic carbocycles. The molecule has 1 unspecified atom stereocenters. The number of likely N-dealkylation sites (N-methyl/N-ethyl adjacent to an activating group) is 1. The minimum atomic E-state index is 0.296. The Hall–Kier alpha value is -0.610. The van der Waals surface area contributed by atoms with Crippen LogP contribution >= 0.6 is 0 Å². The van der Waals surface area contributed by atoms with Crippen molar-refractivity contribution in [3.8, 4) is 0 Å². The Bertz CT molecular complexity index is 212. The van der Waals surface area contributed by atoms with Crippen molar-refractivity contribution in [2.45, 2.75) is 32.2 Å². The normalized spacial score (nSPS) is 21.1. The molecule has 1 saturated heterocycles. The van der Waals surface area contributed by atoms with Gasteiger partial charge >= 0.3 is 0 Å². The third-order valence-electron chi connectivity index (χ3n) is 3.15. The first kappa shape index (κ1) is 13.5. The van der Waals surface area contributed by atoms with Gasteiger partial charge in [-0.1, -0.05) is 0 Å². The Balaban J connectivity index is 2.41. The van der Waals surface area contributed by atoms with Gasteiger partial charge in [0.2, 0.25) is 5.91 Å². The van der Waals surface area contributed by atoms with Crippen LogP contribution in [0.5, 0.6) is 0 Å². The van der Waals surface area contributed by atoms with Crippen molar-refractivity contribution in [1.29, 1.82) is 0 Å². The van der Waals surface area contributed by atoms with E-state index in [4.69, 9.17) is 0 Å². The number of nitrogens with one attached hydrogen (secondary N) is 1. The Kier molecular flexibility index (Phi) is 5.77. The molecule has 1 heterocycles. The zero-order valence-corrected chi connectivity index (χ0v) is 10.8. The van der Waals surface area contributed by atoms with E-state index in [2.05, 4.69) is 17.1 Å². The van der Waals surface area contributed by atoms with E-state index in [9.17, 15) is 4.79 Å². The van der Waals surface area contributed by atoms with Crippen molar-refractivity contribution in [3.63, 3.8) is 0 Å². The number of carbonyl (C=O) groups excluding carboxylic acids is 1. The zero-order valence-electron chi connectivity index (χ0n) is 10.8. The molecule has 4 nitrogen and oxygen atoms in total. The average molecular weight is 227 g/mol. The van der Waals surface area contributed by atoms with Crippen molar-refractivity contribution in [1.82, 2.24) is 15.1 Å². The number of carbonyl (C=O) groups is 1. The first-order valence-electron chi connectivity index (χ1n) is 6.30. The molecule has 1 aliphatic heterocycles. The van der Waals surface area contributed by atoms with Gasteiger partial charge in [-0.05, 0) is 40.4 Å². The maximum atomic E-state index is 12.0. The lowest BCUT2D eigenvalue weighted by atomic mass is 10.1. The van der Waals surface area contributed by atoms with E-state index in [1.165, 1.54) is 6.42 Å². The predicted octanol–water partition coefficient (Wildman–Crippen LogP) is 0.539. The molecule has 1 fully saturated rings. The standard InChI is InChI=1S/C12H25N3O/c1-4-15(11-6-5-8-13-10-11)12(16)7-9-14(2)3/h11,13H,4-10H2,1-3H3. The highest BCUT2D eigenvalue weighted by Crippen LogP contribution is 2.11. The van der Waals surface area contributed by atoms with Gasteiger partial charge in [-0.2, -0.15) is 0 Å². The number of nitrogens with zero attached hydrogens (tertiary/aromatic N) is 2. The molecule has 0 saturated carbocycles. The van der Waals surface area contributed by atoms with Crippen molar-refractivity contribution < 1.29 is 4.79 Å². The Morgan fingerprint density at radius 1 is 1.44 bits per heavy atom. The molecular formula is C12H25N3O. The van der Waals surface area contributed by atoms with Gasteiger partial charge in [0.05, 0.1) is 0 Å². The lowest BCUT2D eigenvalue weighted by molar-refractivity contribution is -0.133. The van der Waals surface area contributed by atoms with Gasteiger partial charge in [-0.25, -0.2) is 0 Å². The summed E-state index contributed by atoms with van der Waals surface area (Å²) in [5, 5.41) is 3.37. The Morgan fingerprint density at radius 2 is 2.19 bits per heavy atom. The van der Waals surface area contributed by atoms with Gasteiger partial charge in [0.15, 0.2) is 0 Å². The van der Waals surface area contributed by atoms with Crippen LogP contribution in [0.25, 0.3) is 0 Å². The molecule has 4 heteroatoms. The van der Waals surface area contributed by atoms with E-state index >= 15 is 0 Å². The largest absolute Gasteiger partial charge is 0.339 e. The third kappa shape index (κ3) is 4.10. The molecule has 0 aromatic carbocycles. The Labute approximate surface area is 99.0 Å². The van der Waals surface area contributed by atoms with Crippen LogP contribution in [-0.2, 0) is 4.79 Å². The second kappa shape index (κ2) is 6.86. The summed E-state index contributed by atoms with van der Waals surface area (Å²) in [5.74, 6) is 0.296. The van der Waals surface area contributed by atoms with Crippen molar-refractivity contribution in [3.05, 3.63) is 0 Å². The van der Waals surface area contributed by atoms with E-state index in [0.29, 0.717) is 18.4 Å². The van der Waals surface area contributed by atoms with E-state index in [0.717, 1.165) is 32.6 Å². The lowest BCUT2D eigenvalue weighted by Gasteiger charge is -2.34. The van der Waals surface area contributed by atoms with Crippen LogP contribution in [0.4, 0.5) is 0 Å². The van der Waals surface area contributed by atoms with Crippen LogP contribution in [0, 0.1) is 0 Å². The van der Waals surface area contributed by atoms with Crippen molar-refractivity contribution >= 4 is 5.91 Å². The van der Waals surface area contributed by atoms with E-state index in [1.807, 2.05) is 19.0 Å². The summed E-state index contributed by atoms with van der Waals surface area (Å²) in [7, 11) is 4.01. The summed E-state index contributed by atoms with van der Waals surface area (Å²) in [6.45, 7) is 5.80. The molecule has 1 N–H and O–H groups in total. The fourth-order valence-corrected chi connectivity index (χ4v) is 2.20. The van der Waals surface area contributed by atoms with Gasteiger partial charge in [0.1, 0.15) is 0 Å². The highest BCUT2D eigenvalue weighted by Gasteiger charge is 2.23. The molecule has 1 rings (SSSR count). The summed E-state index contributed by atoms with van der Waals surface area (Å²) in [6, 6.07) is 0.411. The van der Waals surface area contributed by atoms with Crippen LogP contribution in [0.15, 0.2) is 0 Å². The van der Waals surface area contributed by atoms with Crippen molar-refractivity contribution in [2.24, 2.45) is 0 Å². The SMILES string of the molecule is CCN(C(=O)CCN(C)C)C1CCCNC1. The molecule has 0 aromatic rings. The molecule has 0 aromatic heterocycles. The minimum Gasteiger partial charge on any atom is -0.339 e. The average Bonchev–Trinajstić information content (AvgIpc) is 2.29. The summed E-state index contributed by atoms with van der Waals surface area (Å²) >= 11 is 0. The maximum Gasteiger partial charge on any atom is 0.224 e. The third-order valence-corrected chi connectivity index (χ3v) is 3.15. The maximum absolute atomic E-state index is 12.0. The van der Waals surface area contributed by atoms with Gasteiger partial charge < -0.3 is 15.1 Å². The lowest BCUT2D eigenvalue weighted by Crippen LogP contribution is -2.49. The summed E-state index contributed by atoms with van der Waals surface area (Å²) in [6.07, 6.45) is 2.97. The zero-order chi connectivity index (χ0) is 12.0. The predicted molar refractivity (Wildman–Crippen MR) is 66.4 cm³/mol. The molecule has 0 bridgehead atoms. The molecule has 1 atom stereocenters. The van der Waals surface area contributed by atoms with E-state index in [-0.39, 0.29) is 0 Å². The van der Waals surface area contributed by atoms with Crippen LogP contribution in [0.3, 0.4) is 0 Å². The number of piperidine rings is 1. The molecule has 94 valence electrons. The summed E-state index contributed by atoms with van der Waals surface area (Å²) < 4.78 is 0. The minimum absolute atomic E-state index is 0.296. The van der Waals surface area contributed by atoms with Crippen LogP contribution in [-0.4, -0.2) is 62.0 Å². The van der Waals surface area contributed by atoms with Crippen molar-refractivity contribution in [2.75, 3.05) is 40.3 Å². The second-order valence-electron chi connectivity index (χ2n) is 4.73. The topological polar surface area (TPSA) is 35.6 Å². The Morgan fingerprint density at radius 3 is 2.69 bits per heavy atom. The number of hydrogen-bond donors (Lipinski definition) is 1. The molecule has 0 spiro atoms. The van der Waals surface area contributed by atoms with Gasteiger partial charge in [0, 0.05) is 32.1 Å². The van der Waals surface area contributed by atoms with Gasteiger partial charge in [0.25, 0.3) is 0 Å². The molecule has 1 amide bonds. The van der Waals surface area contributed by atoms with E-state index in [1.54, 1.807) is 0 Å². The quantitative estimate of drug-likeness (QED) is 0.744. The number of hydrogen-bond acceptors (Lipinski definition) is 3. The highest BCUT2D eigenvalue weighted by atomic mass is 16.2. The van der Waals surface area contributed by atoms with E-state index < -0.39 is 0 Å². The van der Waals surface area contributed by atoms with Crippen LogP contribution in [0.1, 0.15) is 26.2 Å². The molecule has 0 radical (unpaired) electrons. The fourth-order valence-electron chi connectivity index (χ4n) is 2.20. The van der Waals surface area contributed by atoms with Crippen LogP contribution in [0.2, 0.25) is 0 Å². The van der Waals surface area contributed by atoms with Gasteiger partial charge in [-0.15, -0.1) is 0 Å². The monoisotopic (exact) mass is 227 g/mol. The molecule has 16 heavy (non-hydrogen) atoms. The summed E-state index contributed by atoms with van der Waals surface area (Å²) in [5.41, 5.74) is 0. The smallest absolute Gasteiger partial charge is 0.224 e. The molecular weight excluding hydrogens is 202 g/mol. The number of rotatable bonds is 5. The first-order valence-corrected chi connectivity index (χ1v) is 6.30. The summed E-state index contributed by atoms with van der Waals surface area (Å²) in [4.78, 5) is 16.1. The first-order chi connectivity index (χ1) is 7.65. The number of amides is 1. The second-order valence-corrected chi connectivity index (χ2v) is 4.73. The van der Waals surface area contributed by atoms with Crippen LogP contribution < -0.4 is 5.32 Å². The highest BCUT2D eigenvalue weighted by molar-refractivity contribution is 5.76. The van der Waals surface area contributed by atoms with Gasteiger partial charge in [-0.3, -0.25) is 4.79 Å². The fraction of sp³-hybridized carbons (Fsp3) is 0.917. The molecule has 1 aliphatic rings.